The van der Waals surface area contributed by atoms with E-state index in [0.29, 0.717) is 0 Å². The molecule has 0 saturated carbocycles. The Kier molecular flexibility index (Phi) is 4.11. The molecule has 74 valence electrons. The molecule has 1 N–H and O–H groups in total. The number of benzene rings is 1. The third kappa shape index (κ3) is 2.84. The van der Waals surface area contributed by atoms with Crippen LogP contribution in [-0.4, -0.2) is 18.3 Å². The minimum absolute atomic E-state index is 0.0654. The number of hydrogen-bond acceptors (Lipinski definition) is 3. The molecule has 3 nitrogen and oxygen atoms in total. The number of nitrogens with zero attached hydrogens (tertiary/aromatic N) is 1. The molecule has 0 aliphatic rings. The first kappa shape index (κ1) is 10.7. The second-order valence-corrected chi connectivity index (χ2v) is 3.01. The smallest absolute Gasteiger partial charge is 0.169 e. The first-order chi connectivity index (χ1) is 6.77. The molecule has 14 heavy (non-hydrogen) atoms. The molecule has 0 aliphatic heterocycles. The van der Waals surface area contributed by atoms with E-state index in [1.54, 1.807) is 0 Å². The molecule has 0 aromatic heterocycles. The maximum atomic E-state index is 8.82. The van der Waals surface area contributed by atoms with Crippen molar-refractivity contribution in [2.24, 2.45) is 0 Å². The van der Waals surface area contributed by atoms with Gasteiger partial charge in [-0.2, -0.15) is 5.26 Å². The van der Waals surface area contributed by atoms with E-state index in [9.17, 15) is 0 Å². The Hall–Kier alpha value is -1.37. The van der Waals surface area contributed by atoms with E-state index in [4.69, 9.17) is 15.1 Å². The molecule has 0 heterocycles. The van der Waals surface area contributed by atoms with Crippen LogP contribution >= 0.6 is 0 Å². The van der Waals surface area contributed by atoms with Crippen molar-refractivity contribution >= 4 is 0 Å². The molecule has 0 radical (unpaired) electrons. The quantitative estimate of drug-likeness (QED) is 0.785. The summed E-state index contributed by atoms with van der Waals surface area (Å²) in [5, 5.41) is 17.4. The van der Waals surface area contributed by atoms with Crippen molar-refractivity contribution in [2.45, 2.75) is 13.0 Å². The van der Waals surface area contributed by atoms with Gasteiger partial charge in [0.1, 0.15) is 0 Å². The van der Waals surface area contributed by atoms with Crippen molar-refractivity contribution in [3.8, 4) is 6.07 Å². The number of aliphatic hydroxyl groups is 1. The highest BCUT2D eigenvalue weighted by molar-refractivity contribution is 5.26. The average Bonchev–Trinajstić information content (AvgIpc) is 2.21. The van der Waals surface area contributed by atoms with Gasteiger partial charge in [-0.1, -0.05) is 29.8 Å². The van der Waals surface area contributed by atoms with Crippen LogP contribution in [0.15, 0.2) is 24.3 Å². The van der Waals surface area contributed by atoms with Crippen molar-refractivity contribution < 1.29 is 9.84 Å². The standard InChI is InChI=1S/C11H13NO2/c1-9-2-4-10(5-3-9)11(8-12)14-7-6-13/h2-5,11,13H,6-7H2,1H3. The lowest BCUT2D eigenvalue weighted by atomic mass is 10.1. The van der Waals surface area contributed by atoms with Gasteiger partial charge in [-0.15, -0.1) is 0 Å². The summed E-state index contributed by atoms with van der Waals surface area (Å²) in [6, 6.07) is 9.63. The number of ether oxygens (including phenoxy) is 1. The Labute approximate surface area is 83.6 Å². The largest absolute Gasteiger partial charge is 0.394 e. The van der Waals surface area contributed by atoms with Crippen molar-refractivity contribution in [3.05, 3.63) is 35.4 Å². The van der Waals surface area contributed by atoms with Crippen LogP contribution < -0.4 is 0 Å². The van der Waals surface area contributed by atoms with Gasteiger partial charge in [0.2, 0.25) is 0 Å². The van der Waals surface area contributed by atoms with Crippen LogP contribution in [0.4, 0.5) is 0 Å². The lowest BCUT2D eigenvalue weighted by Crippen LogP contribution is -2.05. The number of nitriles is 1. The summed E-state index contributed by atoms with van der Waals surface area (Å²) < 4.78 is 5.16. The monoisotopic (exact) mass is 191 g/mol. The second kappa shape index (κ2) is 5.38. The van der Waals surface area contributed by atoms with Crippen molar-refractivity contribution in [1.29, 1.82) is 5.26 Å². The van der Waals surface area contributed by atoms with E-state index in [1.165, 1.54) is 0 Å². The van der Waals surface area contributed by atoms with Crippen molar-refractivity contribution in [1.82, 2.24) is 0 Å². The Morgan fingerprint density at radius 1 is 1.43 bits per heavy atom. The van der Waals surface area contributed by atoms with E-state index in [0.717, 1.165) is 11.1 Å². The normalized spacial score (nSPS) is 12.1. The zero-order chi connectivity index (χ0) is 10.4. The van der Waals surface area contributed by atoms with Gasteiger partial charge in [-0.25, -0.2) is 0 Å². The third-order valence-corrected chi connectivity index (χ3v) is 1.87. The molecule has 1 atom stereocenters. The molecule has 0 aliphatic carbocycles. The molecular weight excluding hydrogens is 178 g/mol. The van der Waals surface area contributed by atoms with Crippen LogP contribution in [0, 0.1) is 18.3 Å². The summed E-state index contributed by atoms with van der Waals surface area (Å²) in [5.41, 5.74) is 1.97. The van der Waals surface area contributed by atoms with Gasteiger partial charge in [-0.05, 0) is 12.5 Å². The molecule has 0 amide bonds. The molecule has 0 fully saturated rings. The van der Waals surface area contributed by atoms with E-state index >= 15 is 0 Å². The second-order valence-electron chi connectivity index (χ2n) is 3.01. The predicted molar refractivity (Wildman–Crippen MR) is 52.6 cm³/mol. The highest BCUT2D eigenvalue weighted by Crippen LogP contribution is 2.16. The van der Waals surface area contributed by atoms with Crippen LogP contribution in [0.25, 0.3) is 0 Å². The highest BCUT2D eigenvalue weighted by atomic mass is 16.5. The van der Waals surface area contributed by atoms with E-state index in [1.807, 2.05) is 37.3 Å². The molecule has 0 saturated heterocycles. The van der Waals surface area contributed by atoms with Gasteiger partial charge in [0.15, 0.2) is 6.10 Å². The highest BCUT2D eigenvalue weighted by Gasteiger charge is 2.09. The molecule has 1 unspecified atom stereocenters. The summed E-state index contributed by atoms with van der Waals surface area (Å²) >= 11 is 0. The zero-order valence-electron chi connectivity index (χ0n) is 8.10. The van der Waals surface area contributed by atoms with Gasteiger partial charge in [0.25, 0.3) is 0 Å². The van der Waals surface area contributed by atoms with Crippen LogP contribution in [0.1, 0.15) is 17.2 Å². The molecule has 0 bridgehead atoms. The van der Waals surface area contributed by atoms with Gasteiger partial charge in [0.05, 0.1) is 19.3 Å². The van der Waals surface area contributed by atoms with Gasteiger partial charge >= 0.3 is 0 Å². The van der Waals surface area contributed by atoms with E-state index in [2.05, 4.69) is 0 Å². The zero-order valence-corrected chi connectivity index (χ0v) is 8.10. The minimum atomic E-state index is -0.581. The molecule has 3 heteroatoms. The average molecular weight is 191 g/mol. The lowest BCUT2D eigenvalue weighted by Gasteiger charge is -2.09. The number of aliphatic hydroxyl groups excluding tert-OH is 1. The van der Waals surface area contributed by atoms with Crippen molar-refractivity contribution in [3.63, 3.8) is 0 Å². The predicted octanol–water partition coefficient (Wildman–Crippen LogP) is 1.57. The number of rotatable bonds is 4. The summed E-state index contributed by atoms with van der Waals surface area (Å²) in [6.07, 6.45) is -0.581. The topological polar surface area (TPSA) is 53.2 Å². The number of aryl methyl sites for hydroxylation is 1. The number of hydrogen-bond donors (Lipinski definition) is 1. The molecular formula is C11H13NO2. The first-order valence-electron chi connectivity index (χ1n) is 4.46. The molecule has 1 aromatic carbocycles. The Bertz CT molecular complexity index is 313. The van der Waals surface area contributed by atoms with Crippen LogP contribution in [-0.2, 0) is 4.74 Å². The first-order valence-corrected chi connectivity index (χ1v) is 4.46. The van der Waals surface area contributed by atoms with Gasteiger partial charge < -0.3 is 9.84 Å². The van der Waals surface area contributed by atoms with E-state index < -0.39 is 6.10 Å². The van der Waals surface area contributed by atoms with E-state index in [-0.39, 0.29) is 13.2 Å². The Balaban J connectivity index is 2.70. The Morgan fingerprint density at radius 2 is 2.07 bits per heavy atom. The van der Waals surface area contributed by atoms with Crippen LogP contribution in [0.2, 0.25) is 0 Å². The maximum Gasteiger partial charge on any atom is 0.169 e. The maximum absolute atomic E-state index is 8.82. The fourth-order valence-electron chi connectivity index (χ4n) is 1.12. The van der Waals surface area contributed by atoms with Crippen LogP contribution in [0.3, 0.4) is 0 Å². The van der Waals surface area contributed by atoms with Gasteiger partial charge in [0, 0.05) is 0 Å². The lowest BCUT2D eigenvalue weighted by molar-refractivity contribution is 0.0581. The third-order valence-electron chi connectivity index (χ3n) is 1.87. The van der Waals surface area contributed by atoms with Crippen LogP contribution in [0.5, 0.6) is 0 Å². The molecule has 1 rings (SSSR count). The fraction of sp³-hybridized carbons (Fsp3) is 0.364. The fourth-order valence-corrected chi connectivity index (χ4v) is 1.12. The summed E-state index contributed by atoms with van der Waals surface area (Å²) in [6.45, 7) is 2.11. The van der Waals surface area contributed by atoms with Crippen molar-refractivity contribution in [2.75, 3.05) is 13.2 Å². The molecule has 1 aromatic rings. The summed E-state index contributed by atoms with van der Waals surface area (Å²) in [5.74, 6) is 0. The van der Waals surface area contributed by atoms with Gasteiger partial charge in [-0.3, -0.25) is 0 Å². The summed E-state index contributed by atoms with van der Waals surface area (Å²) in [7, 11) is 0. The minimum Gasteiger partial charge on any atom is -0.394 e. The Morgan fingerprint density at radius 3 is 2.57 bits per heavy atom. The molecule has 0 spiro atoms. The summed E-state index contributed by atoms with van der Waals surface area (Å²) in [4.78, 5) is 0. The SMILES string of the molecule is Cc1ccc(C(C#N)OCCO)cc1.